The van der Waals surface area contributed by atoms with Crippen molar-refractivity contribution < 1.29 is 22.8 Å². The molecule has 0 spiro atoms. The second-order valence-corrected chi connectivity index (χ2v) is 7.58. The van der Waals surface area contributed by atoms with Gasteiger partial charge in [0.25, 0.3) is 0 Å². The Morgan fingerprint density at radius 3 is 2.37 bits per heavy atom. The van der Waals surface area contributed by atoms with Crippen molar-refractivity contribution in [2.45, 2.75) is 25.6 Å². The van der Waals surface area contributed by atoms with Crippen molar-refractivity contribution in [3.05, 3.63) is 47.3 Å². The van der Waals surface area contributed by atoms with Crippen LogP contribution in [0.1, 0.15) is 17.7 Å². The summed E-state index contributed by atoms with van der Waals surface area (Å²) in [6.45, 7) is 0.291. The molecule has 1 aliphatic heterocycles. The molecule has 1 N–H and O–H groups in total. The molecule has 1 fully saturated rings. The fourth-order valence-corrected chi connectivity index (χ4v) is 4.03. The minimum atomic E-state index is -4.86. The van der Waals surface area contributed by atoms with E-state index < -0.39 is 12.1 Å². The van der Waals surface area contributed by atoms with E-state index in [1.165, 1.54) is 0 Å². The molecule has 144 valence electrons. The highest BCUT2D eigenvalue weighted by atomic mass is 32.1. The van der Waals surface area contributed by atoms with Gasteiger partial charge in [0.2, 0.25) is 5.91 Å². The van der Waals surface area contributed by atoms with Crippen LogP contribution in [-0.2, 0) is 16.1 Å². The zero-order valence-electron chi connectivity index (χ0n) is 14.5. The number of hydrogen-bond donors (Lipinski definition) is 1. The van der Waals surface area contributed by atoms with Crippen LogP contribution in [0.15, 0.2) is 42.5 Å². The Hall–Kier alpha value is -2.35. The Bertz CT molecular complexity index is 797. The van der Waals surface area contributed by atoms with Crippen LogP contribution in [-0.4, -0.2) is 36.0 Å². The smallest absolute Gasteiger partial charge is 0.351 e. The molecular formula is C19H19F3N2O2S. The van der Waals surface area contributed by atoms with Gasteiger partial charge >= 0.3 is 12.1 Å². The van der Waals surface area contributed by atoms with Crippen LogP contribution >= 0.6 is 11.3 Å². The monoisotopic (exact) mass is 396 g/mol. The third-order valence-electron chi connectivity index (χ3n) is 4.55. The van der Waals surface area contributed by atoms with E-state index in [1.807, 2.05) is 42.5 Å². The van der Waals surface area contributed by atoms with Gasteiger partial charge in [-0.15, -0.1) is 11.3 Å². The van der Waals surface area contributed by atoms with Crippen molar-refractivity contribution in [3.63, 3.8) is 0 Å². The molecular weight excluding hydrogens is 377 g/mol. The van der Waals surface area contributed by atoms with Crippen LogP contribution in [0.4, 0.5) is 13.2 Å². The van der Waals surface area contributed by atoms with Gasteiger partial charge in [-0.05, 0) is 30.5 Å². The average molecular weight is 396 g/mol. The lowest BCUT2D eigenvalue weighted by atomic mass is 9.96. The van der Waals surface area contributed by atoms with Gasteiger partial charge < -0.3 is 10.2 Å². The lowest BCUT2D eigenvalue weighted by Gasteiger charge is -2.31. The number of nitrogens with one attached hydrogen (secondary N) is 1. The van der Waals surface area contributed by atoms with Crippen molar-refractivity contribution >= 4 is 23.2 Å². The van der Waals surface area contributed by atoms with Crippen LogP contribution in [0.5, 0.6) is 0 Å². The van der Waals surface area contributed by atoms with Crippen LogP contribution < -0.4 is 5.32 Å². The van der Waals surface area contributed by atoms with Gasteiger partial charge in [0.05, 0.1) is 6.54 Å². The summed E-state index contributed by atoms with van der Waals surface area (Å²) in [7, 11) is 0. The van der Waals surface area contributed by atoms with Crippen molar-refractivity contribution in [1.82, 2.24) is 10.2 Å². The number of carbonyl (C=O) groups is 2. The molecule has 0 aliphatic carbocycles. The molecule has 0 saturated carbocycles. The Morgan fingerprint density at radius 1 is 1.07 bits per heavy atom. The second kappa shape index (κ2) is 8.12. The van der Waals surface area contributed by atoms with Gasteiger partial charge in [-0.3, -0.25) is 9.59 Å². The van der Waals surface area contributed by atoms with E-state index >= 15 is 0 Å². The number of amides is 2. The highest BCUT2D eigenvalue weighted by Gasteiger charge is 2.43. The highest BCUT2D eigenvalue weighted by molar-refractivity contribution is 7.15. The number of thiophene rings is 1. The number of nitrogens with zero attached hydrogens (tertiary/aromatic N) is 1. The molecule has 2 heterocycles. The summed E-state index contributed by atoms with van der Waals surface area (Å²) in [5.41, 5.74) is 1.11. The van der Waals surface area contributed by atoms with Crippen LogP contribution in [0.3, 0.4) is 0 Å². The number of piperidine rings is 1. The summed E-state index contributed by atoms with van der Waals surface area (Å²) in [6, 6.07) is 13.9. The van der Waals surface area contributed by atoms with E-state index in [0.29, 0.717) is 6.54 Å². The SMILES string of the molecule is O=C(NCc1ccc(-c2ccccc2)s1)C1CCN(C(=O)C(F)(F)F)CC1. The van der Waals surface area contributed by atoms with Gasteiger partial charge in [0.1, 0.15) is 0 Å². The number of halogens is 3. The largest absolute Gasteiger partial charge is 0.471 e. The molecule has 0 bridgehead atoms. The molecule has 2 amide bonds. The van der Waals surface area contributed by atoms with Crippen molar-refractivity contribution in [2.75, 3.05) is 13.1 Å². The van der Waals surface area contributed by atoms with E-state index in [2.05, 4.69) is 5.32 Å². The van der Waals surface area contributed by atoms with Crippen molar-refractivity contribution in [2.24, 2.45) is 5.92 Å². The molecule has 27 heavy (non-hydrogen) atoms. The highest BCUT2D eigenvalue weighted by Crippen LogP contribution is 2.28. The van der Waals surface area contributed by atoms with E-state index in [1.54, 1.807) is 11.3 Å². The normalized spacial score (nSPS) is 15.6. The van der Waals surface area contributed by atoms with E-state index in [0.717, 1.165) is 20.2 Å². The van der Waals surface area contributed by atoms with Gasteiger partial charge in [-0.25, -0.2) is 0 Å². The first-order chi connectivity index (χ1) is 12.8. The Kier molecular flexibility index (Phi) is 5.84. The second-order valence-electron chi connectivity index (χ2n) is 6.41. The number of carbonyl (C=O) groups excluding carboxylic acids is 2. The summed E-state index contributed by atoms with van der Waals surface area (Å²) in [6.07, 6.45) is -4.37. The molecule has 4 nitrogen and oxygen atoms in total. The molecule has 3 rings (SSSR count). The molecule has 1 aromatic carbocycles. The molecule has 8 heteroatoms. The summed E-state index contributed by atoms with van der Waals surface area (Å²) in [5, 5.41) is 2.85. The molecule has 1 aromatic heterocycles. The third-order valence-corrected chi connectivity index (χ3v) is 5.69. The fraction of sp³-hybridized carbons (Fsp3) is 0.368. The Labute approximate surface area is 159 Å². The van der Waals surface area contributed by atoms with Gasteiger partial charge in [0, 0.05) is 28.8 Å². The first-order valence-electron chi connectivity index (χ1n) is 8.62. The number of benzene rings is 1. The number of rotatable bonds is 4. The summed E-state index contributed by atoms with van der Waals surface area (Å²) in [4.78, 5) is 26.4. The minimum absolute atomic E-state index is 0.0480. The Balaban J connectivity index is 1.48. The first kappa shape index (κ1) is 19.4. The first-order valence-corrected chi connectivity index (χ1v) is 9.44. The van der Waals surface area contributed by atoms with Gasteiger partial charge in [-0.1, -0.05) is 30.3 Å². The van der Waals surface area contributed by atoms with Crippen molar-refractivity contribution in [1.29, 1.82) is 0 Å². The van der Waals surface area contributed by atoms with Gasteiger partial charge in [-0.2, -0.15) is 13.2 Å². The molecule has 0 unspecified atom stereocenters. The van der Waals surface area contributed by atoms with Crippen LogP contribution in [0.25, 0.3) is 10.4 Å². The number of alkyl halides is 3. The predicted molar refractivity (Wildman–Crippen MR) is 97.0 cm³/mol. The maximum atomic E-state index is 12.5. The summed E-state index contributed by atoms with van der Waals surface area (Å²) in [5.74, 6) is -2.37. The molecule has 0 radical (unpaired) electrons. The molecule has 1 saturated heterocycles. The maximum absolute atomic E-state index is 12.5. The number of hydrogen-bond acceptors (Lipinski definition) is 3. The lowest BCUT2D eigenvalue weighted by Crippen LogP contribution is -2.47. The Morgan fingerprint density at radius 2 is 1.74 bits per heavy atom. The molecule has 2 aromatic rings. The van der Waals surface area contributed by atoms with E-state index in [4.69, 9.17) is 0 Å². The lowest BCUT2D eigenvalue weighted by molar-refractivity contribution is -0.186. The zero-order valence-corrected chi connectivity index (χ0v) is 15.3. The zero-order chi connectivity index (χ0) is 19.4. The minimum Gasteiger partial charge on any atom is -0.351 e. The standard InChI is InChI=1S/C19H19F3N2O2S/c20-19(21,22)18(26)24-10-8-14(9-11-24)17(25)23-12-15-6-7-16(27-15)13-4-2-1-3-5-13/h1-7,14H,8-12H2,(H,23,25). The van der Waals surface area contributed by atoms with E-state index in [9.17, 15) is 22.8 Å². The van der Waals surface area contributed by atoms with Gasteiger partial charge in [0.15, 0.2) is 0 Å². The fourth-order valence-electron chi connectivity index (χ4n) is 3.07. The molecule has 1 aliphatic rings. The summed E-state index contributed by atoms with van der Waals surface area (Å²) >= 11 is 1.59. The average Bonchev–Trinajstić information content (AvgIpc) is 3.15. The topological polar surface area (TPSA) is 49.4 Å². The number of likely N-dealkylation sites (tertiary alicyclic amines) is 1. The third kappa shape index (κ3) is 4.88. The quantitative estimate of drug-likeness (QED) is 0.854. The maximum Gasteiger partial charge on any atom is 0.471 e. The van der Waals surface area contributed by atoms with Crippen LogP contribution in [0, 0.1) is 5.92 Å². The van der Waals surface area contributed by atoms with E-state index in [-0.39, 0.29) is 37.8 Å². The summed E-state index contributed by atoms with van der Waals surface area (Å²) < 4.78 is 37.4. The van der Waals surface area contributed by atoms with Crippen LogP contribution in [0.2, 0.25) is 0 Å². The predicted octanol–water partition coefficient (Wildman–Crippen LogP) is 3.83. The van der Waals surface area contributed by atoms with Crippen molar-refractivity contribution in [3.8, 4) is 10.4 Å². The molecule has 0 atom stereocenters.